The molecule has 1 aliphatic heterocycles. The molecule has 0 aliphatic carbocycles. The molecule has 1 saturated heterocycles. The Kier molecular flexibility index (Phi) is 4.95. The zero-order chi connectivity index (χ0) is 14.5. The predicted molar refractivity (Wildman–Crippen MR) is 72.9 cm³/mol. The molecular weight excluding hydrogens is 261 g/mol. The molecule has 110 valence electrons. The summed E-state index contributed by atoms with van der Waals surface area (Å²) in [7, 11) is 0. The second-order valence-corrected chi connectivity index (χ2v) is 5.19. The molecule has 1 heterocycles. The summed E-state index contributed by atoms with van der Waals surface area (Å²) in [6, 6.07) is 5.61. The van der Waals surface area contributed by atoms with Crippen molar-refractivity contribution < 1.29 is 19.0 Å². The number of rotatable bonds is 4. The predicted octanol–water partition coefficient (Wildman–Crippen LogP) is 1.82. The van der Waals surface area contributed by atoms with Crippen molar-refractivity contribution in [3.8, 4) is 5.75 Å². The van der Waals surface area contributed by atoms with E-state index in [0.717, 1.165) is 12.8 Å². The van der Waals surface area contributed by atoms with Gasteiger partial charge in [0, 0.05) is 19.7 Å². The highest BCUT2D eigenvalue weighted by Gasteiger charge is 2.27. The van der Waals surface area contributed by atoms with Crippen LogP contribution in [0, 0.1) is 11.7 Å². The Hall–Kier alpha value is -1.62. The Bertz CT molecular complexity index is 449. The molecule has 1 amide bonds. The molecule has 4 nitrogen and oxygen atoms in total. The zero-order valence-electron chi connectivity index (χ0n) is 11.6. The van der Waals surface area contributed by atoms with Gasteiger partial charge in [0.1, 0.15) is 11.6 Å². The summed E-state index contributed by atoms with van der Waals surface area (Å²) in [5.74, 6) is 0.208. The molecule has 2 rings (SSSR count). The van der Waals surface area contributed by atoms with Crippen molar-refractivity contribution in [2.75, 3.05) is 19.7 Å². The lowest BCUT2D eigenvalue weighted by Crippen LogP contribution is -2.46. The van der Waals surface area contributed by atoms with Gasteiger partial charge in [-0.2, -0.15) is 0 Å². The maximum atomic E-state index is 12.8. The molecule has 1 aliphatic rings. The van der Waals surface area contributed by atoms with Crippen molar-refractivity contribution >= 4 is 5.91 Å². The van der Waals surface area contributed by atoms with Gasteiger partial charge in [-0.25, -0.2) is 4.39 Å². The average molecular weight is 281 g/mol. The van der Waals surface area contributed by atoms with E-state index in [4.69, 9.17) is 4.74 Å². The first-order valence-corrected chi connectivity index (χ1v) is 6.92. The zero-order valence-corrected chi connectivity index (χ0v) is 11.6. The number of ether oxygens (including phenoxy) is 1. The van der Waals surface area contributed by atoms with Crippen molar-refractivity contribution in [1.82, 2.24) is 4.90 Å². The van der Waals surface area contributed by atoms with E-state index in [1.165, 1.54) is 24.3 Å². The molecule has 0 spiro atoms. The molecule has 0 saturated carbocycles. The maximum Gasteiger partial charge on any atom is 0.263 e. The average Bonchev–Trinajstić information content (AvgIpc) is 2.48. The lowest BCUT2D eigenvalue weighted by Gasteiger charge is -2.33. The smallest absolute Gasteiger partial charge is 0.263 e. The van der Waals surface area contributed by atoms with Crippen molar-refractivity contribution in [2.24, 2.45) is 5.92 Å². The molecule has 0 radical (unpaired) electrons. The molecule has 1 aromatic rings. The Balaban J connectivity index is 1.92. The van der Waals surface area contributed by atoms with Gasteiger partial charge in [-0.3, -0.25) is 4.79 Å². The topological polar surface area (TPSA) is 49.8 Å². The van der Waals surface area contributed by atoms with Crippen LogP contribution in [-0.2, 0) is 4.79 Å². The minimum absolute atomic E-state index is 0.0903. The number of likely N-dealkylation sites (tertiary alicyclic amines) is 1. The summed E-state index contributed by atoms with van der Waals surface area (Å²) in [4.78, 5) is 14.0. The lowest BCUT2D eigenvalue weighted by molar-refractivity contribution is -0.140. The van der Waals surface area contributed by atoms with Gasteiger partial charge in [0.25, 0.3) is 5.91 Å². The third-order valence-electron chi connectivity index (χ3n) is 3.56. The SMILES string of the molecule is CC(Oc1ccc(F)cc1)C(=O)N1CCCC(CO)C1. The van der Waals surface area contributed by atoms with Gasteiger partial charge >= 0.3 is 0 Å². The van der Waals surface area contributed by atoms with E-state index in [1.54, 1.807) is 11.8 Å². The number of hydrogen-bond acceptors (Lipinski definition) is 3. The maximum absolute atomic E-state index is 12.8. The summed E-state index contributed by atoms with van der Waals surface area (Å²) in [5.41, 5.74) is 0. The van der Waals surface area contributed by atoms with Crippen molar-refractivity contribution in [3.63, 3.8) is 0 Å². The fourth-order valence-corrected chi connectivity index (χ4v) is 2.44. The molecule has 2 atom stereocenters. The monoisotopic (exact) mass is 281 g/mol. The molecule has 5 heteroatoms. The number of amides is 1. The van der Waals surface area contributed by atoms with Crippen molar-refractivity contribution in [3.05, 3.63) is 30.1 Å². The molecular formula is C15H20FNO3. The molecule has 0 bridgehead atoms. The standard InChI is InChI=1S/C15H20FNO3/c1-11(20-14-6-4-13(16)5-7-14)15(19)17-8-2-3-12(9-17)10-18/h4-7,11-12,18H,2-3,8-10H2,1H3. The first-order valence-electron chi connectivity index (χ1n) is 6.92. The summed E-state index contributed by atoms with van der Waals surface area (Å²) < 4.78 is 18.3. The van der Waals surface area contributed by atoms with Crippen LogP contribution < -0.4 is 4.74 Å². The van der Waals surface area contributed by atoms with Crippen LogP contribution in [0.1, 0.15) is 19.8 Å². The van der Waals surface area contributed by atoms with Gasteiger partial charge in [-0.15, -0.1) is 0 Å². The number of halogens is 1. The van der Waals surface area contributed by atoms with E-state index >= 15 is 0 Å². The van der Waals surface area contributed by atoms with Crippen molar-refractivity contribution in [2.45, 2.75) is 25.9 Å². The van der Waals surface area contributed by atoms with Gasteiger partial charge in [-0.05, 0) is 49.9 Å². The van der Waals surface area contributed by atoms with Crippen molar-refractivity contribution in [1.29, 1.82) is 0 Å². The third kappa shape index (κ3) is 3.70. The summed E-state index contributed by atoms with van der Waals surface area (Å²) in [5, 5.41) is 9.19. The van der Waals surface area contributed by atoms with Gasteiger partial charge in [0.15, 0.2) is 6.10 Å². The largest absolute Gasteiger partial charge is 0.481 e. The number of aliphatic hydroxyl groups excluding tert-OH is 1. The summed E-state index contributed by atoms with van der Waals surface area (Å²) in [6.45, 7) is 3.07. The van der Waals surface area contributed by atoms with Gasteiger partial charge in [0.2, 0.25) is 0 Å². The van der Waals surface area contributed by atoms with Gasteiger partial charge in [0.05, 0.1) is 0 Å². The van der Waals surface area contributed by atoms with Gasteiger partial charge in [-0.1, -0.05) is 0 Å². The second kappa shape index (κ2) is 6.70. The van der Waals surface area contributed by atoms with Crippen LogP contribution in [0.15, 0.2) is 24.3 Å². The fraction of sp³-hybridized carbons (Fsp3) is 0.533. The normalized spacial score (nSPS) is 20.6. The highest BCUT2D eigenvalue weighted by Crippen LogP contribution is 2.18. The number of piperidine rings is 1. The summed E-state index contributed by atoms with van der Waals surface area (Å²) >= 11 is 0. The van der Waals surface area contributed by atoms with E-state index in [9.17, 15) is 14.3 Å². The van der Waals surface area contributed by atoms with Crippen LogP contribution in [0.5, 0.6) is 5.75 Å². The van der Waals surface area contributed by atoms with Crippen LogP contribution >= 0.6 is 0 Å². The molecule has 1 aromatic carbocycles. The number of benzene rings is 1. The second-order valence-electron chi connectivity index (χ2n) is 5.19. The first-order chi connectivity index (χ1) is 9.60. The Morgan fingerprint density at radius 3 is 2.85 bits per heavy atom. The molecule has 20 heavy (non-hydrogen) atoms. The number of hydrogen-bond donors (Lipinski definition) is 1. The molecule has 0 aromatic heterocycles. The summed E-state index contributed by atoms with van der Waals surface area (Å²) in [6.07, 6.45) is 1.24. The quantitative estimate of drug-likeness (QED) is 0.916. The van der Waals surface area contributed by atoms with Crippen LogP contribution in [0.2, 0.25) is 0 Å². The highest BCUT2D eigenvalue weighted by atomic mass is 19.1. The van der Waals surface area contributed by atoms with E-state index < -0.39 is 6.10 Å². The molecule has 1 N–H and O–H groups in total. The first kappa shape index (κ1) is 14.8. The minimum Gasteiger partial charge on any atom is -0.481 e. The highest BCUT2D eigenvalue weighted by molar-refractivity contribution is 5.81. The number of aliphatic hydroxyl groups is 1. The van der Waals surface area contributed by atoms with Gasteiger partial charge < -0.3 is 14.7 Å². The Morgan fingerprint density at radius 2 is 2.20 bits per heavy atom. The Morgan fingerprint density at radius 1 is 1.50 bits per heavy atom. The van der Waals surface area contributed by atoms with E-state index in [0.29, 0.717) is 18.8 Å². The van der Waals surface area contributed by atoms with E-state index in [2.05, 4.69) is 0 Å². The van der Waals surface area contributed by atoms with E-state index in [1.807, 2.05) is 0 Å². The van der Waals surface area contributed by atoms with Crippen LogP contribution in [0.4, 0.5) is 4.39 Å². The molecule has 1 fully saturated rings. The number of carbonyl (C=O) groups excluding carboxylic acids is 1. The van der Waals surface area contributed by atoms with Crippen LogP contribution in [-0.4, -0.2) is 41.7 Å². The lowest BCUT2D eigenvalue weighted by atomic mass is 9.99. The van der Waals surface area contributed by atoms with E-state index in [-0.39, 0.29) is 24.2 Å². The third-order valence-corrected chi connectivity index (χ3v) is 3.56. The fourth-order valence-electron chi connectivity index (χ4n) is 2.44. The minimum atomic E-state index is -0.613. The molecule has 2 unspecified atom stereocenters. The Labute approximate surface area is 118 Å². The number of carbonyl (C=O) groups is 1. The van der Waals surface area contributed by atoms with Crippen LogP contribution in [0.25, 0.3) is 0 Å². The van der Waals surface area contributed by atoms with Crippen LogP contribution in [0.3, 0.4) is 0 Å². The number of nitrogens with zero attached hydrogens (tertiary/aromatic N) is 1.